The number of fused-ring (bicyclic) bond motifs is 5. The molecule has 0 bridgehead atoms. The van der Waals surface area contributed by atoms with Gasteiger partial charge in [-0.25, -0.2) is 4.57 Å². The monoisotopic (exact) mass is 500 g/mol. The van der Waals surface area contributed by atoms with Gasteiger partial charge in [0.25, 0.3) is 0 Å². The minimum absolute atomic E-state index is 0.141. The van der Waals surface area contributed by atoms with Crippen LogP contribution in [-0.4, -0.2) is 0 Å². The maximum atomic E-state index is 7.05. The first kappa shape index (κ1) is 23.7. The number of aryl methyl sites for hydroxylation is 2. The van der Waals surface area contributed by atoms with E-state index in [9.17, 15) is 0 Å². The first-order valence-electron chi connectivity index (χ1n) is 14.4. The van der Waals surface area contributed by atoms with E-state index in [-0.39, 0.29) is 5.41 Å². The summed E-state index contributed by atoms with van der Waals surface area (Å²) >= 11 is 0. The third-order valence-corrected chi connectivity index (χ3v) is 8.99. The van der Waals surface area contributed by atoms with Crippen LogP contribution < -0.4 is 9.30 Å². The molecule has 0 atom stereocenters. The van der Waals surface area contributed by atoms with Crippen molar-refractivity contribution in [3.05, 3.63) is 77.5 Å². The molecule has 1 aliphatic heterocycles. The van der Waals surface area contributed by atoms with Crippen molar-refractivity contribution in [2.45, 2.75) is 72.1 Å². The Labute approximate surface area is 226 Å². The van der Waals surface area contributed by atoms with Crippen molar-refractivity contribution in [1.82, 2.24) is 0 Å². The van der Waals surface area contributed by atoms with Gasteiger partial charge in [0.05, 0.1) is 10.9 Å². The van der Waals surface area contributed by atoms with Gasteiger partial charge in [0.15, 0.2) is 6.20 Å². The molecule has 1 aliphatic carbocycles. The predicted octanol–water partition coefficient (Wildman–Crippen LogP) is 9.69. The van der Waals surface area contributed by atoms with E-state index in [1.165, 1.54) is 92.4 Å². The van der Waals surface area contributed by atoms with Crippen LogP contribution in [-0.2, 0) is 13.5 Å². The zero-order valence-electron chi connectivity index (χ0n) is 23.4. The molecule has 2 heteroatoms. The Morgan fingerprint density at radius 2 is 1.63 bits per heavy atom. The van der Waals surface area contributed by atoms with E-state index >= 15 is 0 Å². The lowest BCUT2D eigenvalue weighted by molar-refractivity contribution is -0.659. The Morgan fingerprint density at radius 1 is 0.868 bits per heavy atom. The van der Waals surface area contributed by atoms with E-state index < -0.39 is 0 Å². The SMILES string of the molecule is Cc1c2c(c(CC(C)(C)C)c3ccccc13)Oc1cc3cc(C4CCCCC4)ccc3c3cc[n+](C)c-2c13. The zero-order chi connectivity index (χ0) is 26.2. The molecular formula is C36H38NO+. The van der Waals surface area contributed by atoms with Crippen molar-refractivity contribution in [2.24, 2.45) is 12.5 Å². The molecule has 0 spiro atoms. The Kier molecular flexibility index (Phi) is 5.34. The van der Waals surface area contributed by atoms with Crippen LogP contribution in [0, 0.1) is 12.3 Å². The number of aromatic nitrogens is 1. The number of nitrogens with zero attached hydrogens (tertiary/aromatic N) is 1. The molecule has 0 saturated heterocycles. The van der Waals surface area contributed by atoms with Gasteiger partial charge in [-0.2, -0.15) is 0 Å². The normalized spacial score (nSPS) is 15.7. The Balaban J connectivity index is 1.54. The summed E-state index contributed by atoms with van der Waals surface area (Å²) in [6.07, 6.45) is 9.94. The molecule has 38 heavy (non-hydrogen) atoms. The second kappa shape index (κ2) is 8.56. The van der Waals surface area contributed by atoms with Crippen molar-refractivity contribution in [3.8, 4) is 22.8 Å². The molecule has 192 valence electrons. The second-order valence-corrected chi connectivity index (χ2v) is 12.9. The van der Waals surface area contributed by atoms with Gasteiger partial charge in [-0.3, -0.25) is 0 Å². The molecule has 5 aromatic rings. The van der Waals surface area contributed by atoms with Crippen LogP contribution in [0.1, 0.15) is 75.5 Å². The average Bonchev–Trinajstić information content (AvgIpc) is 2.91. The third kappa shape index (κ3) is 3.64. The molecule has 2 nitrogen and oxygen atoms in total. The van der Waals surface area contributed by atoms with Crippen LogP contribution in [0.25, 0.3) is 43.6 Å². The fourth-order valence-corrected chi connectivity index (χ4v) is 7.22. The highest BCUT2D eigenvalue weighted by Crippen LogP contribution is 2.53. The van der Waals surface area contributed by atoms with Gasteiger partial charge in [0.2, 0.25) is 5.69 Å². The van der Waals surface area contributed by atoms with Crippen LogP contribution in [0.4, 0.5) is 0 Å². The largest absolute Gasteiger partial charge is 0.455 e. The van der Waals surface area contributed by atoms with E-state index in [0.29, 0.717) is 5.92 Å². The first-order chi connectivity index (χ1) is 18.3. The number of rotatable bonds is 2. The minimum atomic E-state index is 0.141. The summed E-state index contributed by atoms with van der Waals surface area (Å²) in [6, 6.07) is 20.7. The molecule has 1 aromatic heterocycles. The number of ether oxygens (including phenoxy) is 1. The van der Waals surface area contributed by atoms with Gasteiger partial charge in [-0.15, -0.1) is 0 Å². The molecule has 0 amide bonds. The van der Waals surface area contributed by atoms with Crippen molar-refractivity contribution in [1.29, 1.82) is 0 Å². The third-order valence-electron chi connectivity index (χ3n) is 8.99. The van der Waals surface area contributed by atoms with Crippen LogP contribution >= 0.6 is 0 Å². The Hall–Kier alpha value is -3.39. The molecule has 7 rings (SSSR count). The van der Waals surface area contributed by atoms with Gasteiger partial charge in [0, 0.05) is 17.0 Å². The maximum Gasteiger partial charge on any atom is 0.228 e. The van der Waals surface area contributed by atoms with E-state index in [1.807, 2.05) is 0 Å². The highest BCUT2D eigenvalue weighted by molar-refractivity contribution is 6.16. The van der Waals surface area contributed by atoms with Gasteiger partial charge >= 0.3 is 0 Å². The second-order valence-electron chi connectivity index (χ2n) is 12.9. The Bertz CT molecular complexity index is 1750. The number of pyridine rings is 1. The van der Waals surface area contributed by atoms with Crippen molar-refractivity contribution in [3.63, 3.8) is 0 Å². The van der Waals surface area contributed by atoms with Gasteiger partial charge in [0.1, 0.15) is 18.5 Å². The standard InChI is InChI=1S/C36H38NO/c1-22-26-13-9-10-14-28(26)30(21-36(2,3)4)35-32(22)34-33-29(17-18-37(34)5)27-16-15-24(23-11-7-6-8-12-23)19-25(27)20-31(33)38-35/h9-10,13-20,23H,6-8,11-12,21H2,1-5H3/q+1. The summed E-state index contributed by atoms with van der Waals surface area (Å²) in [7, 11) is 2.18. The van der Waals surface area contributed by atoms with Crippen LogP contribution in [0.2, 0.25) is 0 Å². The first-order valence-corrected chi connectivity index (χ1v) is 14.4. The van der Waals surface area contributed by atoms with E-state index in [0.717, 1.165) is 17.9 Å². The molecular weight excluding hydrogens is 462 g/mol. The lowest BCUT2D eigenvalue weighted by Gasteiger charge is -2.28. The zero-order valence-corrected chi connectivity index (χ0v) is 23.4. The highest BCUT2D eigenvalue weighted by atomic mass is 16.5. The van der Waals surface area contributed by atoms with Crippen LogP contribution in [0.15, 0.2) is 60.8 Å². The molecule has 0 N–H and O–H groups in total. The van der Waals surface area contributed by atoms with Crippen LogP contribution in [0.3, 0.4) is 0 Å². The van der Waals surface area contributed by atoms with Crippen LogP contribution in [0.5, 0.6) is 11.5 Å². The van der Waals surface area contributed by atoms with Gasteiger partial charge < -0.3 is 4.74 Å². The fraction of sp³-hybridized carbons (Fsp3) is 0.361. The topological polar surface area (TPSA) is 13.1 Å². The molecule has 4 aromatic carbocycles. The predicted molar refractivity (Wildman–Crippen MR) is 159 cm³/mol. The van der Waals surface area contributed by atoms with E-state index in [4.69, 9.17) is 4.74 Å². The smallest absolute Gasteiger partial charge is 0.228 e. The molecule has 2 heterocycles. The quantitative estimate of drug-likeness (QED) is 0.170. The number of hydrogen-bond donors (Lipinski definition) is 0. The lowest BCUT2D eigenvalue weighted by atomic mass is 9.81. The molecule has 0 unspecified atom stereocenters. The van der Waals surface area contributed by atoms with Crippen molar-refractivity contribution < 1.29 is 9.30 Å². The maximum absolute atomic E-state index is 7.05. The highest BCUT2D eigenvalue weighted by Gasteiger charge is 2.34. The summed E-state index contributed by atoms with van der Waals surface area (Å²) in [5.74, 6) is 2.74. The lowest BCUT2D eigenvalue weighted by Crippen LogP contribution is -2.32. The molecule has 2 aliphatic rings. The molecule has 0 radical (unpaired) electrons. The van der Waals surface area contributed by atoms with Crippen molar-refractivity contribution >= 4 is 32.3 Å². The molecule has 1 saturated carbocycles. The average molecular weight is 501 g/mol. The summed E-state index contributed by atoms with van der Waals surface area (Å²) in [6.45, 7) is 9.25. The van der Waals surface area contributed by atoms with Gasteiger partial charge in [-0.1, -0.05) is 82.5 Å². The summed E-state index contributed by atoms with van der Waals surface area (Å²) in [5, 5.41) is 7.79. The number of benzene rings is 4. The van der Waals surface area contributed by atoms with E-state index in [1.54, 1.807) is 0 Å². The summed E-state index contributed by atoms with van der Waals surface area (Å²) in [4.78, 5) is 0. The summed E-state index contributed by atoms with van der Waals surface area (Å²) in [5.41, 5.74) is 6.79. The van der Waals surface area contributed by atoms with Crippen molar-refractivity contribution in [2.75, 3.05) is 0 Å². The van der Waals surface area contributed by atoms with Gasteiger partial charge in [-0.05, 0) is 76.3 Å². The Morgan fingerprint density at radius 3 is 2.39 bits per heavy atom. The summed E-state index contributed by atoms with van der Waals surface area (Å²) < 4.78 is 9.35. The fourth-order valence-electron chi connectivity index (χ4n) is 7.22. The molecule has 1 fully saturated rings. The van der Waals surface area contributed by atoms with E-state index in [2.05, 4.69) is 100 Å². The minimum Gasteiger partial charge on any atom is -0.455 e. The number of hydrogen-bond acceptors (Lipinski definition) is 1.